The SMILES string of the molecule is C=CN(C)/C(=C\C)c1ccc2cnc(NC(=S)c3ccnc(N4CCN(C)CC4)c3)cc2c1. The number of hydrogen-bond acceptors (Lipinski definition) is 6. The Labute approximate surface area is 201 Å². The van der Waals surface area contributed by atoms with E-state index in [1.54, 1.807) is 0 Å². The number of rotatable bonds is 6. The quantitative estimate of drug-likeness (QED) is 0.542. The lowest BCUT2D eigenvalue weighted by molar-refractivity contribution is 0.312. The van der Waals surface area contributed by atoms with Gasteiger partial charge < -0.3 is 20.0 Å². The van der Waals surface area contributed by atoms with E-state index < -0.39 is 0 Å². The van der Waals surface area contributed by atoms with Crippen molar-refractivity contribution in [2.75, 3.05) is 50.5 Å². The first-order valence-electron chi connectivity index (χ1n) is 11.1. The molecular formula is C26H30N6S. The second-order valence-electron chi connectivity index (χ2n) is 8.25. The molecule has 0 unspecified atom stereocenters. The summed E-state index contributed by atoms with van der Waals surface area (Å²) in [5.74, 6) is 1.69. The van der Waals surface area contributed by atoms with Crippen LogP contribution in [0.1, 0.15) is 18.1 Å². The van der Waals surface area contributed by atoms with Crippen molar-refractivity contribution in [1.29, 1.82) is 0 Å². The smallest absolute Gasteiger partial charge is 0.131 e. The first-order chi connectivity index (χ1) is 16.0. The van der Waals surface area contributed by atoms with Gasteiger partial charge in [0, 0.05) is 62.3 Å². The zero-order valence-corrected chi connectivity index (χ0v) is 20.3. The van der Waals surface area contributed by atoms with E-state index in [-0.39, 0.29) is 0 Å². The molecule has 0 atom stereocenters. The molecule has 0 spiro atoms. The summed E-state index contributed by atoms with van der Waals surface area (Å²) in [6.07, 6.45) is 7.59. The van der Waals surface area contributed by atoms with Crippen LogP contribution in [0, 0.1) is 0 Å². The highest BCUT2D eigenvalue weighted by Gasteiger charge is 2.16. The maximum atomic E-state index is 5.71. The number of nitrogens with one attached hydrogen (secondary N) is 1. The number of piperazine rings is 1. The molecule has 0 bridgehead atoms. The predicted octanol–water partition coefficient (Wildman–Crippen LogP) is 4.61. The van der Waals surface area contributed by atoms with Gasteiger partial charge in [0.25, 0.3) is 0 Å². The Morgan fingerprint density at radius 1 is 1.06 bits per heavy atom. The molecule has 1 aliphatic rings. The molecular weight excluding hydrogens is 428 g/mol. The van der Waals surface area contributed by atoms with E-state index in [9.17, 15) is 0 Å². The van der Waals surface area contributed by atoms with Gasteiger partial charge >= 0.3 is 0 Å². The van der Waals surface area contributed by atoms with Crippen molar-refractivity contribution >= 4 is 45.3 Å². The highest BCUT2D eigenvalue weighted by atomic mass is 32.1. The third kappa shape index (κ3) is 5.21. The third-order valence-corrected chi connectivity index (χ3v) is 6.36. The van der Waals surface area contributed by atoms with E-state index in [0.717, 1.165) is 65.4 Å². The molecule has 6 nitrogen and oxygen atoms in total. The number of pyridine rings is 2. The van der Waals surface area contributed by atoms with Gasteiger partial charge in [0.1, 0.15) is 16.6 Å². The molecule has 1 saturated heterocycles. The topological polar surface area (TPSA) is 47.5 Å². The Morgan fingerprint density at radius 3 is 2.58 bits per heavy atom. The van der Waals surface area contributed by atoms with Crippen LogP contribution in [0.4, 0.5) is 11.6 Å². The largest absolute Gasteiger partial charge is 0.354 e. The first kappa shape index (κ1) is 22.9. The molecule has 0 saturated carbocycles. The van der Waals surface area contributed by atoms with Gasteiger partial charge in [0.05, 0.1) is 0 Å². The minimum Gasteiger partial charge on any atom is -0.354 e. The summed E-state index contributed by atoms with van der Waals surface area (Å²) in [6, 6.07) is 12.4. The van der Waals surface area contributed by atoms with Crippen molar-refractivity contribution in [2.24, 2.45) is 0 Å². The Morgan fingerprint density at radius 2 is 1.85 bits per heavy atom. The van der Waals surface area contributed by atoms with E-state index in [1.165, 1.54) is 0 Å². The standard InChI is InChI=1S/C26H30N6S/c1-5-23(31(4)6-2)19-7-8-21-18-28-24(16-22(21)15-19)29-26(33)20-9-10-27-25(17-20)32-13-11-30(3)12-14-32/h5-10,15-18H,2,11-14H2,1,3-4H3,(H,28,29,33)/b23-5-. The van der Waals surface area contributed by atoms with Crippen LogP contribution in [0.2, 0.25) is 0 Å². The van der Waals surface area contributed by atoms with Crippen molar-refractivity contribution in [2.45, 2.75) is 6.92 Å². The highest BCUT2D eigenvalue weighted by Crippen LogP contribution is 2.25. The van der Waals surface area contributed by atoms with Gasteiger partial charge in [-0.15, -0.1) is 0 Å². The Balaban J connectivity index is 1.54. The molecule has 170 valence electrons. The number of likely N-dealkylation sites (N-methyl/N-ethyl adjacent to an activating group) is 1. The number of fused-ring (bicyclic) bond motifs is 1. The number of aromatic nitrogens is 2. The molecule has 0 radical (unpaired) electrons. The normalized spacial score (nSPS) is 14.9. The second-order valence-corrected chi connectivity index (χ2v) is 8.65. The zero-order chi connectivity index (χ0) is 23.4. The van der Waals surface area contributed by atoms with Crippen molar-refractivity contribution in [3.8, 4) is 0 Å². The average Bonchev–Trinajstić information content (AvgIpc) is 2.84. The predicted molar refractivity (Wildman–Crippen MR) is 143 cm³/mol. The average molecular weight is 459 g/mol. The molecule has 0 amide bonds. The Bertz CT molecular complexity index is 1200. The molecule has 1 aromatic carbocycles. The number of allylic oxidation sites excluding steroid dienone is 1. The fourth-order valence-electron chi connectivity index (χ4n) is 4.00. The van der Waals surface area contributed by atoms with Crippen molar-refractivity contribution in [3.05, 3.63) is 78.8 Å². The molecule has 1 aliphatic heterocycles. The molecule has 7 heteroatoms. The molecule has 0 aliphatic carbocycles. The van der Waals surface area contributed by atoms with Crippen molar-refractivity contribution in [1.82, 2.24) is 19.8 Å². The lowest BCUT2D eigenvalue weighted by Gasteiger charge is -2.33. The number of anilines is 2. The highest BCUT2D eigenvalue weighted by molar-refractivity contribution is 7.81. The van der Waals surface area contributed by atoms with Crippen LogP contribution < -0.4 is 10.2 Å². The molecule has 33 heavy (non-hydrogen) atoms. The summed E-state index contributed by atoms with van der Waals surface area (Å²) < 4.78 is 0. The van der Waals surface area contributed by atoms with Crippen LogP contribution in [0.25, 0.3) is 16.5 Å². The van der Waals surface area contributed by atoms with Gasteiger partial charge in [-0.05, 0) is 55.4 Å². The van der Waals surface area contributed by atoms with E-state index >= 15 is 0 Å². The lowest BCUT2D eigenvalue weighted by atomic mass is 10.1. The fraction of sp³-hybridized carbons (Fsp3) is 0.269. The molecule has 4 rings (SSSR count). The van der Waals surface area contributed by atoms with Crippen LogP contribution in [-0.2, 0) is 0 Å². The monoisotopic (exact) mass is 458 g/mol. The van der Waals surface area contributed by atoms with Gasteiger partial charge in [-0.2, -0.15) is 0 Å². The number of nitrogens with zero attached hydrogens (tertiary/aromatic N) is 5. The minimum atomic E-state index is 0.635. The second kappa shape index (κ2) is 10.1. The van der Waals surface area contributed by atoms with Gasteiger partial charge in [-0.3, -0.25) is 0 Å². The summed E-state index contributed by atoms with van der Waals surface area (Å²) in [6.45, 7) is 9.92. The van der Waals surface area contributed by atoms with E-state index in [4.69, 9.17) is 12.2 Å². The van der Waals surface area contributed by atoms with Gasteiger partial charge in [0.15, 0.2) is 0 Å². The maximum absolute atomic E-state index is 5.71. The van der Waals surface area contributed by atoms with Crippen molar-refractivity contribution in [3.63, 3.8) is 0 Å². The summed E-state index contributed by atoms with van der Waals surface area (Å²) in [7, 11) is 4.15. The summed E-state index contributed by atoms with van der Waals surface area (Å²) in [4.78, 5) is 16.4. The van der Waals surface area contributed by atoms with Gasteiger partial charge in [0.2, 0.25) is 0 Å². The van der Waals surface area contributed by atoms with Gasteiger partial charge in [-0.1, -0.05) is 37.0 Å². The van der Waals surface area contributed by atoms with Crippen molar-refractivity contribution < 1.29 is 0 Å². The first-order valence-corrected chi connectivity index (χ1v) is 11.5. The van der Waals surface area contributed by atoms with Crippen LogP contribution in [-0.4, -0.2) is 65.0 Å². The molecule has 1 N–H and O–H groups in total. The van der Waals surface area contributed by atoms with Crippen LogP contribution >= 0.6 is 12.2 Å². The lowest BCUT2D eigenvalue weighted by Crippen LogP contribution is -2.44. The van der Waals surface area contributed by atoms with E-state index in [1.807, 2.05) is 49.6 Å². The van der Waals surface area contributed by atoms with Gasteiger partial charge in [-0.25, -0.2) is 9.97 Å². The number of hydrogen-bond donors (Lipinski definition) is 1. The Kier molecular flexibility index (Phi) is 7.01. The van der Waals surface area contributed by atoms with Crippen LogP contribution in [0.5, 0.6) is 0 Å². The summed E-state index contributed by atoms with van der Waals surface area (Å²) in [5, 5.41) is 5.48. The summed E-state index contributed by atoms with van der Waals surface area (Å²) in [5.41, 5.74) is 3.16. The number of thiocarbonyl (C=S) groups is 1. The van der Waals surface area contributed by atoms with E-state index in [2.05, 4.69) is 69.1 Å². The third-order valence-electron chi connectivity index (χ3n) is 6.02. The minimum absolute atomic E-state index is 0.635. The molecule has 3 aromatic rings. The molecule has 2 aromatic heterocycles. The molecule has 1 fully saturated rings. The summed E-state index contributed by atoms with van der Waals surface area (Å²) >= 11 is 5.71. The van der Waals surface area contributed by atoms with E-state index in [0.29, 0.717) is 4.99 Å². The maximum Gasteiger partial charge on any atom is 0.131 e. The van der Waals surface area contributed by atoms with Crippen LogP contribution in [0.15, 0.2) is 67.6 Å². The zero-order valence-electron chi connectivity index (χ0n) is 19.5. The van der Waals surface area contributed by atoms with Crippen LogP contribution in [0.3, 0.4) is 0 Å². The molecule has 3 heterocycles. The number of benzene rings is 1. The fourth-order valence-corrected chi connectivity index (χ4v) is 4.23. The Hall–Kier alpha value is -3.29.